The van der Waals surface area contributed by atoms with Crippen molar-refractivity contribution in [1.29, 1.82) is 0 Å². The van der Waals surface area contributed by atoms with Gasteiger partial charge in [0.05, 0.1) is 0 Å². The van der Waals surface area contributed by atoms with Crippen LogP contribution in [0.3, 0.4) is 0 Å². The van der Waals surface area contributed by atoms with E-state index >= 15 is 0 Å². The molecular formula is C9H19NO2. The second-order valence-electron chi connectivity index (χ2n) is 3.15. The van der Waals surface area contributed by atoms with Gasteiger partial charge in [-0.3, -0.25) is 4.79 Å². The van der Waals surface area contributed by atoms with Crippen molar-refractivity contribution >= 4 is 5.91 Å². The van der Waals surface area contributed by atoms with Crippen LogP contribution in [0, 0.1) is 5.92 Å². The maximum Gasteiger partial charge on any atom is 0.249 e. The van der Waals surface area contributed by atoms with Crippen molar-refractivity contribution in [2.45, 2.75) is 33.3 Å². The highest BCUT2D eigenvalue weighted by Crippen LogP contribution is 2.06. The molecule has 0 rings (SSSR count). The molecule has 0 radical (unpaired) electrons. The maximum atomic E-state index is 11.2. The summed E-state index contributed by atoms with van der Waals surface area (Å²) in [5, 5.41) is 2.59. The molecule has 0 aromatic rings. The number of carbonyl (C=O) groups is 1. The van der Waals surface area contributed by atoms with E-state index in [0.29, 0.717) is 6.61 Å². The van der Waals surface area contributed by atoms with E-state index in [1.165, 1.54) is 0 Å². The molecule has 1 atom stereocenters. The molecule has 0 fully saturated rings. The van der Waals surface area contributed by atoms with Crippen LogP contribution in [-0.4, -0.2) is 25.7 Å². The van der Waals surface area contributed by atoms with E-state index in [4.69, 9.17) is 4.74 Å². The molecule has 0 aliphatic carbocycles. The lowest BCUT2D eigenvalue weighted by molar-refractivity contribution is -0.135. The predicted molar refractivity (Wildman–Crippen MR) is 48.9 cm³/mol. The van der Waals surface area contributed by atoms with E-state index in [9.17, 15) is 4.79 Å². The third-order valence-corrected chi connectivity index (χ3v) is 1.61. The Hall–Kier alpha value is -0.570. The lowest BCUT2D eigenvalue weighted by Crippen LogP contribution is -2.37. The summed E-state index contributed by atoms with van der Waals surface area (Å²) in [5.74, 6) is 0.204. The van der Waals surface area contributed by atoms with Crippen molar-refractivity contribution in [1.82, 2.24) is 5.32 Å². The molecule has 1 amide bonds. The largest absolute Gasteiger partial charge is 0.368 e. The second-order valence-corrected chi connectivity index (χ2v) is 3.15. The highest BCUT2D eigenvalue weighted by molar-refractivity contribution is 5.80. The molecule has 0 aliphatic rings. The molecule has 72 valence electrons. The molecule has 3 heteroatoms. The number of hydrogen-bond acceptors (Lipinski definition) is 2. The molecule has 3 nitrogen and oxygen atoms in total. The van der Waals surface area contributed by atoms with Gasteiger partial charge in [-0.25, -0.2) is 0 Å². The van der Waals surface area contributed by atoms with Gasteiger partial charge in [-0.05, 0) is 12.3 Å². The Kier molecular flexibility index (Phi) is 5.72. The van der Waals surface area contributed by atoms with Crippen LogP contribution in [-0.2, 0) is 9.53 Å². The smallest absolute Gasteiger partial charge is 0.249 e. The monoisotopic (exact) mass is 173 g/mol. The van der Waals surface area contributed by atoms with Crippen LogP contribution in [0.1, 0.15) is 27.2 Å². The summed E-state index contributed by atoms with van der Waals surface area (Å²) < 4.78 is 5.39. The van der Waals surface area contributed by atoms with Gasteiger partial charge in [-0.1, -0.05) is 20.8 Å². The van der Waals surface area contributed by atoms with Gasteiger partial charge in [0.2, 0.25) is 5.91 Å². The highest BCUT2D eigenvalue weighted by atomic mass is 16.5. The Bertz CT molecular complexity index is 134. The molecule has 0 saturated heterocycles. The number of ether oxygens (including phenoxy) is 1. The number of hydrogen-bond donors (Lipinski definition) is 1. The fraction of sp³-hybridized carbons (Fsp3) is 0.889. The number of amides is 1. The normalized spacial score (nSPS) is 13.1. The number of nitrogens with one attached hydrogen (secondary N) is 1. The summed E-state index contributed by atoms with van der Waals surface area (Å²) in [6.07, 6.45) is 0.648. The zero-order valence-electron chi connectivity index (χ0n) is 8.39. The second kappa shape index (κ2) is 6.00. The fourth-order valence-electron chi connectivity index (χ4n) is 0.958. The Morgan fingerprint density at radius 1 is 1.50 bits per heavy atom. The van der Waals surface area contributed by atoms with E-state index in [0.717, 1.165) is 6.42 Å². The Morgan fingerprint density at radius 3 is 2.42 bits per heavy atom. The molecule has 0 spiro atoms. The lowest BCUT2D eigenvalue weighted by atomic mass is 10.1. The molecule has 1 N–H and O–H groups in total. The molecule has 0 aromatic carbocycles. The average Bonchev–Trinajstić information content (AvgIpc) is 2.04. The van der Waals surface area contributed by atoms with E-state index in [2.05, 4.69) is 5.32 Å². The molecule has 0 aliphatic heterocycles. The standard InChI is InChI=1S/C9H19NO2/c1-5-6-12-8(7(2)3)9(11)10-4/h7-8H,5-6H2,1-4H3,(H,10,11). The first-order chi connectivity index (χ1) is 5.63. The summed E-state index contributed by atoms with van der Waals surface area (Å²) in [7, 11) is 1.63. The molecular weight excluding hydrogens is 154 g/mol. The molecule has 0 aromatic heterocycles. The molecule has 12 heavy (non-hydrogen) atoms. The molecule has 1 unspecified atom stereocenters. The van der Waals surface area contributed by atoms with Gasteiger partial charge in [0.15, 0.2) is 0 Å². The molecule has 0 saturated carbocycles. The minimum Gasteiger partial charge on any atom is -0.368 e. The van der Waals surface area contributed by atoms with Gasteiger partial charge < -0.3 is 10.1 Å². The first kappa shape index (κ1) is 11.4. The van der Waals surface area contributed by atoms with E-state index < -0.39 is 0 Å². The van der Waals surface area contributed by atoms with Crippen LogP contribution in [0.4, 0.5) is 0 Å². The van der Waals surface area contributed by atoms with Gasteiger partial charge in [-0.2, -0.15) is 0 Å². The van der Waals surface area contributed by atoms with Crippen LogP contribution < -0.4 is 5.32 Å². The van der Waals surface area contributed by atoms with Crippen LogP contribution >= 0.6 is 0 Å². The zero-order valence-corrected chi connectivity index (χ0v) is 8.39. The van der Waals surface area contributed by atoms with Crippen LogP contribution in [0.25, 0.3) is 0 Å². The predicted octanol–water partition coefficient (Wildman–Crippen LogP) is 1.18. The summed E-state index contributed by atoms with van der Waals surface area (Å²) >= 11 is 0. The minimum atomic E-state index is -0.296. The van der Waals surface area contributed by atoms with E-state index in [1.807, 2.05) is 20.8 Å². The quantitative estimate of drug-likeness (QED) is 0.678. The third kappa shape index (κ3) is 3.72. The van der Waals surface area contributed by atoms with Gasteiger partial charge in [0.1, 0.15) is 6.10 Å². The molecule has 0 bridgehead atoms. The Labute approximate surface area is 74.5 Å². The minimum absolute atomic E-state index is 0.0292. The topological polar surface area (TPSA) is 38.3 Å². The first-order valence-corrected chi connectivity index (χ1v) is 4.46. The Morgan fingerprint density at radius 2 is 2.08 bits per heavy atom. The summed E-state index contributed by atoms with van der Waals surface area (Å²) in [5.41, 5.74) is 0. The van der Waals surface area contributed by atoms with Gasteiger partial charge in [0.25, 0.3) is 0 Å². The SMILES string of the molecule is CCCOC(C(=O)NC)C(C)C. The third-order valence-electron chi connectivity index (χ3n) is 1.61. The Balaban J connectivity index is 3.95. The number of rotatable bonds is 5. The zero-order chi connectivity index (χ0) is 9.56. The van der Waals surface area contributed by atoms with Crippen molar-refractivity contribution in [3.8, 4) is 0 Å². The first-order valence-electron chi connectivity index (χ1n) is 4.46. The van der Waals surface area contributed by atoms with Crippen molar-refractivity contribution in [3.63, 3.8) is 0 Å². The van der Waals surface area contributed by atoms with Gasteiger partial charge in [0, 0.05) is 13.7 Å². The van der Waals surface area contributed by atoms with Crippen molar-refractivity contribution in [2.24, 2.45) is 5.92 Å². The van der Waals surface area contributed by atoms with Gasteiger partial charge >= 0.3 is 0 Å². The lowest BCUT2D eigenvalue weighted by Gasteiger charge is -2.19. The average molecular weight is 173 g/mol. The van der Waals surface area contributed by atoms with Crippen LogP contribution in [0.15, 0.2) is 0 Å². The summed E-state index contributed by atoms with van der Waals surface area (Å²) in [4.78, 5) is 11.2. The highest BCUT2D eigenvalue weighted by Gasteiger charge is 2.20. The van der Waals surface area contributed by atoms with E-state index in [1.54, 1.807) is 7.05 Å². The summed E-state index contributed by atoms with van der Waals surface area (Å²) in [6.45, 7) is 6.64. The fourth-order valence-corrected chi connectivity index (χ4v) is 0.958. The van der Waals surface area contributed by atoms with E-state index in [-0.39, 0.29) is 17.9 Å². The van der Waals surface area contributed by atoms with Crippen molar-refractivity contribution in [2.75, 3.05) is 13.7 Å². The van der Waals surface area contributed by atoms with Crippen LogP contribution in [0.5, 0.6) is 0 Å². The number of carbonyl (C=O) groups excluding carboxylic acids is 1. The van der Waals surface area contributed by atoms with Crippen molar-refractivity contribution < 1.29 is 9.53 Å². The molecule has 0 heterocycles. The van der Waals surface area contributed by atoms with Crippen LogP contribution in [0.2, 0.25) is 0 Å². The maximum absolute atomic E-state index is 11.2. The van der Waals surface area contributed by atoms with Gasteiger partial charge in [-0.15, -0.1) is 0 Å². The summed E-state index contributed by atoms with van der Waals surface area (Å²) in [6, 6.07) is 0. The number of likely N-dealkylation sites (N-methyl/N-ethyl adjacent to an activating group) is 1. The van der Waals surface area contributed by atoms with Crippen molar-refractivity contribution in [3.05, 3.63) is 0 Å².